The molecule has 4 nitrogen and oxygen atoms in total. The second-order valence-corrected chi connectivity index (χ2v) is 10.1. The van der Waals surface area contributed by atoms with Crippen molar-refractivity contribution < 1.29 is 9.57 Å². The first kappa shape index (κ1) is 19.6. The van der Waals surface area contributed by atoms with E-state index < -0.39 is 5.91 Å². The zero-order chi connectivity index (χ0) is 22.0. The third kappa shape index (κ3) is 2.84. The van der Waals surface area contributed by atoms with Crippen molar-refractivity contribution in [3.8, 4) is 0 Å². The Labute approximate surface area is 198 Å². The van der Waals surface area contributed by atoms with E-state index in [1.165, 1.54) is 18.4 Å². The minimum atomic E-state index is -1.04. The molecule has 2 saturated carbocycles. The molecular weight excluding hydrogens is 432 g/mol. The first-order valence-corrected chi connectivity index (χ1v) is 12.2. The molecule has 3 fully saturated rings. The van der Waals surface area contributed by atoms with Crippen LogP contribution in [0.15, 0.2) is 90.1 Å². The van der Waals surface area contributed by atoms with Gasteiger partial charge in [0.15, 0.2) is 5.84 Å². The number of fused-ring (bicyclic) bond motifs is 7. The predicted octanol–water partition coefficient (Wildman–Crippen LogP) is 5.98. The Morgan fingerprint density at radius 3 is 2.33 bits per heavy atom. The van der Waals surface area contributed by atoms with E-state index in [2.05, 4.69) is 64.7 Å². The summed E-state index contributed by atoms with van der Waals surface area (Å²) in [6.07, 6.45) is 2.43. The van der Waals surface area contributed by atoms with Crippen molar-refractivity contribution in [2.75, 3.05) is 6.61 Å². The molecule has 1 unspecified atom stereocenters. The largest absolute Gasteiger partial charge is 0.348 e. The number of benzene rings is 3. The molecule has 2 aliphatic heterocycles. The molecule has 166 valence electrons. The number of halogens is 1. The molecule has 7 rings (SSSR count). The summed E-state index contributed by atoms with van der Waals surface area (Å²) in [6.45, 7) is 0.673. The molecule has 1 saturated heterocycles. The fraction of sp³-hybridized carbons (Fsp3) is 0.321. The van der Waals surface area contributed by atoms with Crippen LogP contribution in [0, 0.1) is 17.8 Å². The van der Waals surface area contributed by atoms with Crippen molar-refractivity contribution in [3.63, 3.8) is 0 Å². The maximum absolute atomic E-state index is 6.66. The number of oxime groups is 1. The molecule has 0 aromatic heterocycles. The molecular formula is C28H25ClN2O2. The molecule has 2 aliphatic carbocycles. The van der Waals surface area contributed by atoms with Crippen LogP contribution in [-0.2, 0) is 15.5 Å². The third-order valence-corrected chi connectivity index (χ3v) is 8.41. The topological polar surface area (TPSA) is 34.1 Å². The van der Waals surface area contributed by atoms with Gasteiger partial charge in [-0.25, -0.2) is 0 Å². The van der Waals surface area contributed by atoms with Crippen LogP contribution in [0.2, 0.25) is 5.02 Å². The highest BCUT2D eigenvalue weighted by molar-refractivity contribution is 6.30. The highest BCUT2D eigenvalue weighted by Crippen LogP contribution is 2.61. The molecule has 0 spiro atoms. The zero-order valence-electron chi connectivity index (χ0n) is 18.2. The van der Waals surface area contributed by atoms with E-state index in [0.717, 1.165) is 17.0 Å². The van der Waals surface area contributed by atoms with Gasteiger partial charge in [-0.1, -0.05) is 77.4 Å². The number of rotatable bonds is 3. The summed E-state index contributed by atoms with van der Waals surface area (Å²) in [6, 6.07) is 29.5. The summed E-state index contributed by atoms with van der Waals surface area (Å²) in [7, 11) is 0. The van der Waals surface area contributed by atoms with Crippen LogP contribution in [-0.4, -0.2) is 23.4 Å². The Bertz CT molecular complexity index is 1200. The molecule has 3 aromatic carbocycles. The molecule has 33 heavy (non-hydrogen) atoms. The van der Waals surface area contributed by atoms with Crippen LogP contribution in [0.4, 0.5) is 0 Å². The lowest BCUT2D eigenvalue weighted by Gasteiger charge is -2.51. The summed E-state index contributed by atoms with van der Waals surface area (Å²) in [5, 5.41) is 5.32. The van der Waals surface area contributed by atoms with Crippen molar-refractivity contribution in [1.82, 2.24) is 4.90 Å². The number of amidine groups is 1. The monoisotopic (exact) mass is 456 g/mol. The van der Waals surface area contributed by atoms with Gasteiger partial charge < -0.3 is 9.57 Å². The molecule has 5 heteroatoms. The summed E-state index contributed by atoms with van der Waals surface area (Å²) in [4.78, 5) is 8.57. The van der Waals surface area contributed by atoms with Gasteiger partial charge in [0.25, 0.3) is 0 Å². The lowest BCUT2D eigenvalue weighted by molar-refractivity contribution is -0.337. The van der Waals surface area contributed by atoms with Gasteiger partial charge >= 0.3 is 5.91 Å². The summed E-state index contributed by atoms with van der Waals surface area (Å²) < 4.78 is 6.66. The highest BCUT2D eigenvalue weighted by Gasteiger charge is 2.65. The van der Waals surface area contributed by atoms with Gasteiger partial charge in [0.1, 0.15) is 0 Å². The van der Waals surface area contributed by atoms with E-state index in [1.807, 2.05) is 30.3 Å². The molecule has 0 radical (unpaired) electrons. The summed E-state index contributed by atoms with van der Waals surface area (Å²) >= 11 is 6.21. The zero-order valence-corrected chi connectivity index (χ0v) is 18.9. The van der Waals surface area contributed by atoms with Crippen LogP contribution in [0.3, 0.4) is 0 Å². The van der Waals surface area contributed by atoms with Crippen molar-refractivity contribution in [3.05, 3.63) is 107 Å². The lowest BCUT2D eigenvalue weighted by Crippen LogP contribution is -2.62. The van der Waals surface area contributed by atoms with E-state index in [-0.39, 0.29) is 0 Å². The van der Waals surface area contributed by atoms with Gasteiger partial charge in [-0.2, -0.15) is 0 Å². The van der Waals surface area contributed by atoms with Crippen LogP contribution in [0.5, 0.6) is 0 Å². The molecule has 0 amide bonds. The number of nitrogens with zero attached hydrogens (tertiary/aromatic N) is 2. The average molecular weight is 457 g/mol. The Kier molecular flexibility index (Phi) is 4.37. The van der Waals surface area contributed by atoms with Gasteiger partial charge in [-0.05, 0) is 60.4 Å². The fourth-order valence-electron chi connectivity index (χ4n) is 6.86. The lowest BCUT2D eigenvalue weighted by atomic mass is 9.73. The fourth-order valence-corrected chi connectivity index (χ4v) is 6.99. The van der Waals surface area contributed by atoms with Gasteiger partial charge in [0.2, 0.25) is 0 Å². The minimum absolute atomic E-state index is 0.334. The number of ether oxygens (including phenoxy) is 1. The normalized spacial score (nSPS) is 33.9. The Balaban J connectivity index is 1.31. The SMILES string of the molecule is Clc1ccc(C23OC[C@H]4[C@@H]5C[C@@H](C[C@H]5c5ccccc5)[C@H]4N2C(c2ccccc2)=NO3)cc1. The van der Waals surface area contributed by atoms with Gasteiger partial charge in [-0.3, -0.25) is 4.90 Å². The molecule has 3 aromatic rings. The molecule has 2 heterocycles. The van der Waals surface area contributed by atoms with Crippen LogP contribution >= 0.6 is 11.6 Å². The molecule has 4 aliphatic rings. The molecule has 2 bridgehead atoms. The van der Waals surface area contributed by atoms with Crippen molar-refractivity contribution in [2.45, 2.75) is 30.7 Å². The van der Waals surface area contributed by atoms with E-state index in [4.69, 9.17) is 21.2 Å². The third-order valence-electron chi connectivity index (χ3n) is 8.16. The van der Waals surface area contributed by atoms with Crippen LogP contribution in [0.25, 0.3) is 0 Å². The Morgan fingerprint density at radius 1 is 0.848 bits per heavy atom. The minimum Gasteiger partial charge on any atom is -0.332 e. The van der Waals surface area contributed by atoms with Crippen LogP contribution < -0.4 is 0 Å². The van der Waals surface area contributed by atoms with Crippen molar-refractivity contribution >= 4 is 17.4 Å². The predicted molar refractivity (Wildman–Crippen MR) is 128 cm³/mol. The summed E-state index contributed by atoms with van der Waals surface area (Å²) in [5.74, 6) is 2.07. The second-order valence-electron chi connectivity index (χ2n) is 9.71. The smallest absolute Gasteiger partial charge is 0.332 e. The summed E-state index contributed by atoms with van der Waals surface area (Å²) in [5.41, 5.74) is 3.45. The average Bonchev–Trinajstić information content (AvgIpc) is 3.57. The molecule has 6 atom stereocenters. The Morgan fingerprint density at radius 2 is 1.58 bits per heavy atom. The van der Waals surface area contributed by atoms with E-state index >= 15 is 0 Å². The van der Waals surface area contributed by atoms with Crippen molar-refractivity contribution in [2.24, 2.45) is 22.9 Å². The van der Waals surface area contributed by atoms with E-state index in [0.29, 0.717) is 41.3 Å². The van der Waals surface area contributed by atoms with Crippen molar-refractivity contribution in [1.29, 1.82) is 0 Å². The van der Waals surface area contributed by atoms with Gasteiger partial charge in [0.05, 0.1) is 6.61 Å². The standard InChI is InChI=1S/C28H25ClN2O2/c29-22-13-11-21(12-14-22)28-31(27(30-33-28)19-9-5-2-6-10-19)26-20-15-23(18-7-3-1-4-8-18)24(16-20)25(26)17-32-28/h1-14,20,23-26H,15-17H2/t20-,23+,24-,25+,26-,28?/m1/s1. The number of hydrogen-bond acceptors (Lipinski definition) is 4. The first-order chi connectivity index (χ1) is 16.2. The quantitative estimate of drug-likeness (QED) is 0.486. The maximum Gasteiger partial charge on any atom is 0.348 e. The van der Waals surface area contributed by atoms with Gasteiger partial charge in [-0.15, -0.1) is 0 Å². The van der Waals surface area contributed by atoms with E-state index in [1.54, 1.807) is 0 Å². The van der Waals surface area contributed by atoms with Gasteiger partial charge in [0, 0.05) is 28.1 Å². The highest BCUT2D eigenvalue weighted by atomic mass is 35.5. The second kappa shape index (κ2) is 7.34. The Hall–Kier alpha value is -2.82. The first-order valence-electron chi connectivity index (χ1n) is 11.8. The van der Waals surface area contributed by atoms with Crippen LogP contribution in [0.1, 0.15) is 35.4 Å². The maximum atomic E-state index is 6.66. The van der Waals surface area contributed by atoms with E-state index in [9.17, 15) is 0 Å². The molecule has 0 N–H and O–H groups in total. The number of hydrogen-bond donors (Lipinski definition) is 0.